The van der Waals surface area contributed by atoms with Gasteiger partial charge in [-0.05, 0) is 40.5 Å². The van der Waals surface area contributed by atoms with Gasteiger partial charge in [-0.1, -0.05) is 0 Å². The summed E-state index contributed by atoms with van der Waals surface area (Å²) in [5.74, 6) is -0.106. The van der Waals surface area contributed by atoms with E-state index < -0.39 is 17.2 Å². The molecule has 15 heavy (non-hydrogen) atoms. The van der Waals surface area contributed by atoms with Gasteiger partial charge >= 0.3 is 0 Å². The number of aliphatic hydroxyl groups is 1. The molecule has 1 radical (unpaired) electrons. The monoisotopic (exact) mass is 211 g/mol. The second kappa shape index (κ2) is 3.75. The van der Waals surface area contributed by atoms with E-state index >= 15 is 0 Å². The van der Waals surface area contributed by atoms with Crippen molar-refractivity contribution in [2.75, 3.05) is 0 Å². The van der Waals surface area contributed by atoms with Crippen molar-refractivity contribution in [1.82, 2.24) is 5.06 Å². The molecule has 1 fully saturated rings. The maximum Gasteiger partial charge on any atom is 0.143 e. The summed E-state index contributed by atoms with van der Waals surface area (Å²) in [5, 5.41) is 31.3. The lowest BCUT2D eigenvalue weighted by molar-refractivity contribution is -0.296. The smallest absolute Gasteiger partial charge is 0.143 e. The molecule has 1 N–H and O–H groups in total. The fourth-order valence-corrected chi connectivity index (χ4v) is 2.67. The highest BCUT2D eigenvalue weighted by Gasteiger charge is 2.47. The molecule has 0 saturated carbocycles. The van der Waals surface area contributed by atoms with Crippen LogP contribution >= 0.6 is 0 Å². The predicted octanol–water partition coefficient (Wildman–Crippen LogP) is 1.49. The number of aliphatic hydroxyl groups excluding tert-OH is 1. The molecule has 1 saturated heterocycles. The SMILES string of the molecule is CC1(C)CC(C(O)C#N)CC(C)(C)N1[O]. The van der Waals surface area contributed by atoms with E-state index in [0.717, 1.165) is 5.06 Å². The van der Waals surface area contributed by atoms with E-state index in [1.54, 1.807) is 0 Å². The van der Waals surface area contributed by atoms with Crippen LogP contribution in [0.2, 0.25) is 0 Å². The first-order chi connectivity index (χ1) is 6.70. The van der Waals surface area contributed by atoms with Crippen LogP contribution in [-0.4, -0.2) is 27.4 Å². The van der Waals surface area contributed by atoms with E-state index in [9.17, 15) is 10.3 Å². The van der Waals surface area contributed by atoms with Crippen molar-refractivity contribution in [2.45, 2.75) is 57.7 Å². The largest absolute Gasteiger partial charge is 0.378 e. The van der Waals surface area contributed by atoms with Gasteiger partial charge in [0.2, 0.25) is 0 Å². The predicted molar refractivity (Wildman–Crippen MR) is 55.0 cm³/mol. The molecule has 85 valence electrons. The zero-order chi connectivity index (χ0) is 11.9. The van der Waals surface area contributed by atoms with Crippen LogP contribution in [0, 0.1) is 17.2 Å². The minimum absolute atomic E-state index is 0.106. The average molecular weight is 211 g/mol. The van der Waals surface area contributed by atoms with E-state index in [1.165, 1.54) is 0 Å². The molecule has 1 unspecified atom stereocenters. The molecule has 1 aliphatic heterocycles. The number of rotatable bonds is 1. The van der Waals surface area contributed by atoms with Crippen LogP contribution in [-0.2, 0) is 5.21 Å². The summed E-state index contributed by atoms with van der Waals surface area (Å²) in [6.07, 6.45) is 0.167. The van der Waals surface area contributed by atoms with E-state index in [2.05, 4.69) is 0 Å². The van der Waals surface area contributed by atoms with Gasteiger partial charge in [0.25, 0.3) is 0 Å². The second-order valence-electron chi connectivity index (χ2n) is 5.66. The number of hydrogen-bond donors (Lipinski definition) is 1. The van der Waals surface area contributed by atoms with Crippen molar-refractivity contribution in [3.05, 3.63) is 0 Å². The molecule has 1 atom stereocenters. The molecular formula is C11H19N2O2. The Hall–Kier alpha value is -0.630. The fraction of sp³-hybridized carbons (Fsp3) is 0.909. The lowest BCUT2D eigenvalue weighted by Gasteiger charge is -2.50. The van der Waals surface area contributed by atoms with Gasteiger partial charge in [-0.3, -0.25) is 0 Å². The third-order valence-electron chi connectivity index (χ3n) is 3.20. The Labute approximate surface area is 91.1 Å². The number of hydroxylamine groups is 2. The number of hydrogen-bond acceptors (Lipinski definition) is 3. The molecule has 0 aromatic carbocycles. The topological polar surface area (TPSA) is 67.2 Å². The Bertz CT molecular complexity index is 263. The van der Waals surface area contributed by atoms with Crippen LogP contribution < -0.4 is 0 Å². The molecule has 4 heteroatoms. The molecular weight excluding hydrogens is 192 g/mol. The highest BCUT2D eigenvalue weighted by Crippen LogP contribution is 2.41. The summed E-state index contributed by atoms with van der Waals surface area (Å²) in [6, 6.07) is 1.86. The summed E-state index contributed by atoms with van der Waals surface area (Å²) in [4.78, 5) is 0. The Morgan fingerprint density at radius 2 is 1.73 bits per heavy atom. The summed E-state index contributed by atoms with van der Waals surface area (Å²) in [5.41, 5.74) is -1.02. The van der Waals surface area contributed by atoms with Crippen LogP contribution in [0.5, 0.6) is 0 Å². The third kappa shape index (κ3) is 2.31. The molecule has 1 aliphatic rings. The van der Waals surface area contributed by atoms with Crippen LogP contribution in [0.1, 0.15) is 40.5 Å². The molecule has 0 bridgehead atoms. The minimum Gasteiger partial charge on any atom is -0.378 e. The van der Waals surface area contributed by atoms with E-state index in [0.29, 0.717) is 12.8 Å². The Morgan fingerprint density at radius 1 is 1.33 bits per heavy atom. The summed E-state index contributed by atoms with van der Waals surface area (Å²) in [6.45, 7) is 7.44. The molecule has 1 heterocycles. The minimum atomic E-state index is -0.961. The van der Waals surface area contributed by atoms with Crippen LogP contribution in [0.15, 0.2) is 0 Å². The Balaban J connectivity index is 2.90. The van der Waals surface area contributed by atoms with Crippen molar-refractivity contribution in [3.63, 3.8) is 0 Å². The lowest BCUT2D eigenvalue weighted by Crippen LogP contribution is -2.59. The van der Waals surface area contributed by atoms with Crippen molar-refractivity contribution >= 4 is 0 Å². The highest BCUT2D eigenvalue weighted by atomic mass is 16.5. The van der Waals surface area contributed by atoms with Gasteiger partial charge < -0.3 is 5.11 Å². The van der Waals surface area contributed by atoms with E-state index in [1.807, 2.05) is 33.8 Å². The first-order valence-electron chi connectivity index (χ1n) is 5.26. The molecule has 4 nitrogen and oxygen atoms in total. The maximum absolute atomic E-state index is 12.0. The molecule has 0 aliphatic carbocycles. The molecule has 1 rings (SSSR count). The molecule has 0 spiro atoms. The number of piperidine rings is 1. The standard InChI is InChI=1S/C11H19N2O2/c1-10(2)5-8(9(14)7-12)6-11(3,4)13(10)15/h8-9,14H,5-6H2,1-4H3. The summed E-state index contributed by atoms with van der Waals surface area (Å²) in [7, 11) is 0. The summed E-state index contributed by atoms with van der Waals surface area (Å²) < 4.78 is 0. The molecule has 0 aromatic heterocycles. The van der Waals surface area contributed by atoms with Gasteiger partial charge in [0.15, 0.2) is 0 Å². The molecule has 0 aromatic rings. The first kappa shape index (κ1) is 12.4. The molecule has 0 amide bonds. The van der Waals surface area contributed by atoms with Gasteiger partial charge in [0, 0.05) is 17.0 Å². The van der Waals surface area contributed by atoms with E-state index in [4.69, 9.17) is 5.26 Å². The third-order valence-corrected chi connectivity index (χ3v) is 3.20. The second-order valence-corrected chi connectivity index (χ2v) is 5.66. The van der Waals surface area contributed by atoms with Crippen molar-refractivity contribution < 1.29 is 10.3 Å². The summed E-state index contributed by atoms with van der Waals surface area (Å²) >= 11 is 0. The number of nitriles is 1. The highest BCUT2D eigenvalue weighted by molar-refractivity contribution is 5.01. The van der Waals surface area contributed by atoms with Crippen LogP contribution in [0.3, 0.4) is 0 Å². The van der Waals surface area contributed by atoms with Gasteiger partial charge in [0.1, 0.15) is 6.10 Å². The van der Waals surface area contributed by atoms with Gasteiger partial charge in [-0.2, -0.15) is 5.26 Å². The van der Waals surface area contributed by atoms with Gasteiger partial charge in [0.05, 0.1) is 6.07 Å². The Kier molecular flexibility index (Phi) is 3.11. The van der Waals surface area contributed by atoms with Gasteiger partial charge in [-0.15, -0.1) is 10.3 Å². The fourth-order valence-electron chi connectivity index (χ4n) is 2.67. The zero-order valence-corrected chi connectivity index (χ0v) is 9.82. The first-order valence-corrected chi connectivity index (χ1v) is 5.26. The Morgan fingerprint density at radius 3 is 2.07 bits per heavy atom. The normalized spacial score (nSPS) is 28.3. The maximum atomic E-state index is 12.0. The van der Waals surface area contributed by atoms with Crippen molar-refractivity contribution in [2.24, 2.45) is 5.92 Å². The van der Waals surface area contributed by atoms with Gasteiger partial charge in [-0.25, -0.2) is 0 Å². The number of nitrogens with zero attached hydrogens (tertiary/aromatic N) is 2. The average Bonchev–Trinajstić information content (AvgIpc) is 2.11. The zero-order valence-electron chi connectivity index (χ0n) is 9.82. The van der Waals surface area contributed by atoms with Crippen LogP contribution in [0.25, 0.3) is 0 Å². The van der Waals surface area contributed by atoms with Crippen LogP contribution in [0.4, 0.5) is 0 Å². The van der Waals surface area contributed by atoms with E-state index in [-0.39, 0.29) is 5.92 Å². The quantitative estimate of drug-likeness (QED) is 0.668. The van der Waals surface area contributed by atoms with Crippen molar-refractivity contribution in [3.8, 4) is 6.07 Å². The van der Waals surface area contributed by atoms with Crippen molar-refractivity contribution in [1.29, 1.82) is 5.26 Å². The lowest BCUT2D eigenvalue weighted by atomic mass is 9.73.